The van der Waals surface area contributed by atoms with Crippen LogP contribution in [0.3, 0.4) is 0 Å². The largest absolute Gasteiger partial charge is 0.342 e. The van der Waals surface area contributed by atoms with Crippen molar-refractivity contribution in [2.45, 2.75) is 39.0 Å². The van der Waals surface area contributed by atoms with Gasteiger partial charge >= 0.3 is 0 Å². The lowest BCUT2D eigenvalue weighted by Crippen LogP contribution is -2.39. The Hall–Kier alpha value is -0.610. The van der Waals surface area contributed by atoms with Crippen molar-refractivity contribution in [3.05, 3.63) is 0 Å². The first-order chi connectivity index (χ1) is 7.26. The van der Waals surface area contributed by atoms with Crippen LogP contribution in [0.5, 0.6) is 0 Å². The molecule has 1 saturated heterocycles. The molecule has 0 aromatic heterocycles. The third-order valence-corrected chi connectivity index (χ3v) is 2.44. The summed E-state index contributed by atoms with van der Waals surface area (Å²) < 4.78 is 0. The zero-order chi connectivity index (χ0) is 11.5. The van der Waals surface area contributed by atoms with E-state index in [9.17, 15) is 4.79 Å². The third-order valence-electron chi connectivity index (χ3n) is 2.44. The van der Waals surface area contributed by atoms with Gasteiger partial charge in [-0.2, -0.15) is 0 Å². The fourth-order valence-electron chi connectivity index (χ4n) is 1.48. The van der Waals surface area contributed by atoms with Crippen molar-refractivity contribution in [2.75, 3.05) is 26.2 Å². The maximum atomic E-state index is 11.0. The molecule has 0 aromatic carbocycles. The molecular weight excluding hydrogens is 190 g/mol. The Labute approximate surface area is 93.0 Å². The minimum absolute atomic E-state index is 0.0969. The topological polar surface area (TPSA) is 72.3 Å². The second-order valence-corrected chi connectivity index (χ2v) is 3.79. The first-order valence-electron chi connectivity index (χ1n) is 5.94. The van der Waals surface area contributed by atoms with E-state index < -0.39 is 0 Å². The molecule has 0 unspecified atom stereocenters. The molecule has 1 aliphatic heterocycles. The number of carbonyl (C=O) groups is 1. The minimum Gasteiger partial charge on any atom is -0.342 e. The first-order valence-corrected chi connectivity index (χ1v) is 5.94. The number of rotatable bonds is 3. The lowest BCUT2D eigenvalue weighted by atomic mass is 10.1. The second-order valence-electron chi connectivity index (χ2n) is 3.79. The monoisotopic (exact) mass is 215 g/mol. The predicted molar refractivity (Wildman–Crippen MR) is 63.4 cm³/mol. The Kier molecular flexibility index (Phi) is 9.52. The van der Waals surface area contributed by atoms with E-state index in [1.807, 2.05) is 4.90 Å². The van der Waals surface area contributed by atoms with Crippen LogP contribution in [0, 0.1) is 0 Å². The van der Waals surface area contributed by atoms with Crippen LogP contribution in [0.2, 0.25) is 0 Å². The zero-order valence-electron chi connectivity index (χ0n) is 9.87. The van der Waals surface area contributed by atoms with Crippen molar-refractivity contribution in [1.29, 1.82) is 0 Å². The first kappa shape index (κ1) is 14.4. The highest BCUT2D eigenvalue weighted by Crippen LogP contribution is 2.07. The van der Waals surface area contributed by atoms with Gasteiger partial charge in [-0.3, -0.25) is 4.79 Å². The van der Waals surface area contributed by atoms with Gasteiger partial charge in [0.15, 0.2) is 0 Å². The number of nitrogens with zero attached hydrogens (tertiary/aromatic N) is 1. The summed E-state index contributed by atoms with van der Waals surface area (Å²) in [6, 6.07) is 0. The molecule has 15 heavy (non-hydrogen) atoms. The van der Waals surface area contributed by atoms with Crippen molar-refractivity contribution in [1.82, 2.24) is 4.90 Å². The summed E-state index contributed by atoms with van der Waals surface area (Å²) in [5.41, 5.74) is 10.4. The summed E-state index contributed by atoms with van der Waals surface area (Å²) >= 11 is 0. The molecular formula is C11H25N3O. The molecule has 1 aliphatic rings. The molecule has 0 spiro atoms. The molecule has 4 N–H and O–H groups in total. The molecule has 0 saturated carbocycles. The minimum atomic E-state index is 0.0969. The Morgan fingerprint density at radius 3 is 2.13 bits per heavy atom. The fourth-order valence-corrected chi connectivity index (χ4v) is 1.48. The van der Waals surface area contributed by atoms with Gasteiger partial charge in [-0.25, -0.2) is 0 Å². The van der Waals surface area contributed by atoms with E-state index in [0.717, 1.165) is 32.5 Å². The number of nitrogens with two attached hydrogens (primary N) is 2. The van der Waals surface area contributed by atoms with Crippen LogP contribution < -0.4 is 11.5 Å². The number of unbranched alkanes of at least 4 members (excludes halogenated alkanes) is 1. The normalized spacial score (nSPS) is 15.5. The van der Waals surface area contributed by atoms with E-state index in [4.69, 9.17) is 11.5 Å². The molecule has 1 heterocycles. The molecule has 4 nitrogen and oxygen atoms in total. The van der Waals surface area contributed by atoms with Crippen LogP contribution in [0.15, 0.2) is 0 Å². The molecule has 1 fully saturated rings. The molecule has 0 aliphatic carbocycles. The highest BCUT2D eigenvalue weighted by Gasteiger charge is 2.13. The summed E-state index contributed by atoms with van der Waals surface area (Å²) in [5.74, 6) is 0.0969. The van der Waals surface area contributed by atoms with Crippen LogP contribution in [-0.4, -0.2) is 37.0 Å². The molecule has 0 bridgehead atoms. The Morgan fingerprint density at radius 1 is 1.20 bits per heavy atom. The molecule has 90 valence electrons. The van der Waals surface area contributed by atoms with Crippen LogP contribution in [0.4, 0.5) is 0 Å². The summed E-state index contributed by atoms with van der Waals surface area (Å²) in [4.78, 5) is 12.8. The molecule has 1 amide bonds. The van der Waals surface area contributed by atoms with Crippen molar-refractivity contribution >= 4 is 5.91 Å². The summed E-state index contributed by atoms with van der Waals surface area (Å²) in [6.45, 7) is 4.97. The van der Waals surface area contributed by atoms with E-state index in [1.165, 1.54) is 19.3 Å². The second kappa shape index (κ2) is 9.93. The number of hydrogen-bond acceptors (Lipinski definition) is 3. The van der Waals surface area contributed by atoms with E-state index in [0.29, 0.717) is 0 Å². The van der Waals surface area contributed by atoms with Crippen molar-refractivity contribution in [3.63, 3.8) is 0 Å². The lowest BCUT2D eigenvalue weighted by Gasteiger charge is -2.25. The molecule has 4 heteroatoms. The molecule has 0 atom stereocenters. The summed E-state index contributed by atoms with van der Waals surface area (Å²) in [5, 5.41) is 0. The van der Waals surface area contributed by atoms with Crippen molar-refractivity contribution < 1.29 is 4.79 Å². The Morgan fingerprint density at radius 2 is 1.80 bits per heavy atom. The van der Waals surface area contributed by atoms with Crippen molar-refractivity contribution in [3.8, 4) is 0 Å². The third kappa shape index (κ3) is 7.33. The Bertz CT molecular complexity index is 154. The van der Waals surface area contributed by atoms with Gasteiger partial charge < -0.3 is 16.4 Å². The van der Waals surface area contributed by atoms with E-state index in [2.05, 4.69) is 6.92 Å². The highest BCUT2D eigenvalue weighted by atomic mass is 16.2. The Balaban J connectivity index is 0.000000336. The smallest absolute Gasteiger partial charge is 0.236 e. The number of hydrogen-bond donors (Lipinski definition) is 2. The quantitative estimate of drug-likeness (QED) is 0.728. The van der Waals surface area contributed by atoms with Crippen LogP contribution >= 0.6 is 0 Å². The zero-order valence-corrected chi connectivity index (χ0v) is 9.87. The van der Waals surface area contributed by atoms with E-state index >= 15 is 0 Å². The van der Waals surface area contributed by atoms with Gasteiger partial charge in [0.25, 0.3) is 0 Å². The number of carbonyl (C=O) groups excluding carboxylic acids is 1. The highest BCUT2D eigenvalue weighted by molar-refractivity contribution is 5.78. The molecule has 1 rings (SSSR count). The molecule has 0 radical (unpaired) electrons. The summed E-state index contributed by atoms with van der Waals surface area (Å²) in [6.07, 6.45) is 5.93. The van der Waals surface area contributed by atoms with Gasteiger partial charge in [-0.1, -0.05) is 13.3 Å². The maximum Gasteiger partial charge on any atom is 0.236 e. The van der Waals surface area contributed by atoms with Crippen molar-refractivity contribution in [2.24, 2.45) is 11.5 Å². The number of likely N-dealkylation sites (tertiary alicyclic amines) is 1. The van der Waals surface area contributed by atoms with E-state index in [1.54, 1.807) is 0 Å². The fraction of sp³-hybridized carbons (Fsp3) is 0.909. The number of piperidine rings is 1. The van der Waals surface area contributed by atoms with Crippen LogP contribution in [0.25, 0.3) is 0 Å². The van der Waals surface area contributed by atoms with Gasteiger partial charge in [-0.15, -0.1) is 0 Å². The van der Waals surface area contributed by atoms with Crippen LogP contribution in [0.1, 0.15) is 39.0 Å². The summed E-state index contributed by atoms with van der Waals surface area (Å²) in [7, 11) is 0. The lowest BCUT2D eigenvalue weighted by molar-refractivity contribution is -0.130. The van der Waals surface area contributed by atoms with Gasteiger partial charge in [0, 0.05) is 13.1 Å². The van der Waals surface area contributed by atoms with E-state index in [-0.39, 0.29) is 12.5 Å². The predicted octanol–water partition coefficient (Wildman–Crippen LogP) is 0.703. The SMILES string of the molecule is CCCCN.NCC(=O)N1CCCCC1. The average Bonchev–Trinajstić information content (AvgIpc) is 2.31. The average molecular weight is 215 g/mol. The van der Waals surface area contributed by atoms with Gasteiger partial charge in [0.05, 0.1) is 6.54 Å². The van der Waals surface area contributed by atoms with Gasteiger partial charge in [0.2, 0.25) is 5.91 Å². The van der Waals surface area contributed by atoms with Crippen LogP contribution in [-0.2, 0) is 4.79 Å². The maximum absolute atomic E-state index is 11.0. The standard InChI is InChI=1S/C7H14N2O.C4H11N/c8-6-7(10)9-4-2-1-3-5-9;1-2-3-4-5/h1-6,8H2;2-5H2,1H3. The van der Waals surface area contributed by atoms with Gasteiger partial charge in [-0.05, 0) is 32.2 Å². The number of amides is 1. The molecule has 0 aromatic rings. The van der Waals surface area contributed by atoms with Gasteiger partial charge in [0.1, 0.15) is 0 Å².